The number of hydrogen-bond acceptors (Lipinski definition) is 3. The van der Waals surface area contributed by atoms with E-state index in [4.69, 9.17) is 10.5 Å². The van der Waals surface area contributed by atoms with Crippen LogP contribution in [0.4, 0.5) is 5.69 Å². The summed E-state index contributed by atoms with van der Waals surface area (Å²) in [6.45, 7) is 3.52. The predicted octanol–water partition coefficient (Wildman–Crippen LogP) is 2.03. The Morgan fingerprint density at radius 1 is 1.50 bits per heavy atom. The Balaban J connectivity index is 2.50. The lowest BCUT2D eigenvalue weighted by Crippen LogP contribution is -2.32. The molecule has 2 rings (SSSR count). The molecule has 1 unspecified atom stereocenters. The van der Waals surface area contributed by atoms with Crippen LogP contribution in [-0.2, 0) is 10.2 Å². The summed E-state index contributed by atoms with van der Waals surface area (Å²) in [5.41, 5.74) is 7.95. The minimum absolute atomic E-state index is 0.00762. The van der Waals surface area contributed by atoms with Gasteiger partial charge in [0.1, 0.15) is 5.75 Å². The first-order chi connectivity index (χ1) is 8.51. The number of nitrogens with one attached hydrogen (secondary N) is 1. The molecule has 0 heterocycles. The second-order valence-electron chi connectivity index (χ2n) is 5.01. The number of amides is 1. The molecule has 0 spiro atoms. The van der Waals surface area contributed by atoms with Gasteiger partial charge in [0.2, 0.25) is 5.91 Å². The summed E-state index contributed by atoms with van der Waals surface area (Å²) in [6, 6.07) is 5.90. The molecule has 1 aliphatic rings. The van der Waals surface area contributed by atoms with Crippen molar-refractivity contribution in [2.45, 2.75) is 38.1 Å². The van der Waals surface area contributed by atoms with Crippen LogP contribution in [0.25, 0.3) is 0 Å². The van der Waals surface area contributed by atoms with Crippen molar-refractivity contribution in [3.63, 3.8) is 0 Å². The third kappa shape index (κ3) is 2.08. The van der Waals surface area contributed by atoms with E-state index in [2.05, 4.69) is 5.32 Å². The highest BCUT2D eigenvalue weighted by molar-refractivity contribution is 5.92. The van der Waals surface area contributed by atoms with E-state index in [1.165, 1.54) is 6.92 Å². The number of ether oxygens (including phenoxy) is 1. The molecular formula is C14H20N2O2. The second kappa shape index (κ2) is 4.61. The molecule has 1 fully saturated rings. The van der Waals surface area contributed by atoms with E-state index < -0.39 is 0 Å². The third-order valence-electron chi connectivity index (χ3n) is 3.74. The molecule has 0 radical (unpaired) electrons. The number of nitrogens with two attached hydrogens (primary N) is 1. The highest BCUT2D eigenvalue weighted by Crippen LogP contribution is 2.54. The normalized spacial score (nSPS) is 18.0. The summed E-state index contributed by atoms with van der Waals surface area (Å²) < 4.78 is 5.33. The third-order valence-corrected chi connectivity index (χ3v) is 3.74. The van der Waals surface area contributed by atoms with Gasteiger partial charge in [0, 0.05) is 18.4 Å². The minimum atomic E-state index is -0.0961. The van der Waals surface area contributed by atoms with E-state index in [9.17, 15) is 4.79 Å². The van der Waals surface area contributed by atoms with Gasteiger partial charge in [0.15, 0.2) is 0 Å². The average Bonchev–Trinajstić information content (AvgIpc) is 3.09. The summed E-state index contributed by atoms with van der Waals surface area (Å²) in [5, 5.41) is 2.87. The first kappa shape index (κ1) is 12.9. The molecule has 1 aromatic rings. The average molecular weight is 248 g/mol. The number of carbonyl (C=O) groups excluding carboxylic acids is 1. The lowest BCUT2D eigenvalue weighted by Gasteiger charge is -2.24. The number of methoxy groups -OCH3 is 1. The van der Waals surface area contributed by atoms with Crippen LogP contribution in [0.15, 0.2) is 18.2 Å². The molecule has 0 aromatic heterocycles. The highest BCUT2D eigenvalue weighted by Gasteiger charge is 2.49. The second-order valence-corrected chi connectivity index (χ2v) is 5.01. The number of hydrogen-bond donors (Lipinski definition) is 2. The zero-order valence-corrected chi connectivity index (χ0v) is 11.1. The van der Waals surface area contributed by atoms with Crippen molar-refractivity contribution in [3.05, 3.63) is 23.8 Å². The molecule has 3 N–H and O–H groups in total. The van der Waals surface area contributed by atoms with Gasteiger partial charge < -0.3 is 15.8 Å². The maximum atomic E-state index is 11.4. The summed E-state index contributed by atoms with van der Waals surface area (Å²) in [6.07, 6.45) is 2.12. The Kier molecular flexibility index (Phi) is 3.30. The minimum Gasteiger partial charge on any atom is -0.495 e. The van der Waals surface area contributed by atoms with Gasteiger partial charge in [-0.15, -0.1) is 0 Å². The van der Waals surface area contributed by atoms with Gasteiger partial charge in [-0.2, -0.15) is 0 Å². The van der Waals surface area contributed by atoms with E-state index in [1.54, 1.807) is 7.11 Å². The fraction of sp³-hybridized carbons (Fsp3) is 0.500. The Hall–Kier alpha value is -1.55. The van der Waals surface area contributed by atoms with Crippen LogP contribution in [0.3, 0.4) is 0 Å². The Morgan fingerprint density at radius 2 is 2.17 bits per heavy atom. The van der Waals surface area contributed by atoms with E-state index in [-0.39, 0.29) is 17.4 Å². The number of benzene rings is 1. The fourth-order valence-corrected chi connectivity index (χ4v) is 2.53. The molecule has 0 saturated heterocycles. The SMILES string of the molecule is COc1cccc(C2(C(C)N)CC2)c1NC(C)=O. The van der Waals surface area contributed by atoms with Gasteiger partial charge >= 0.3 is 0 Å². The first-order valence-corrected chi connectivity index (χ1v) is 6.22. The van der Waals surface area contributed by atoms with Crippen molar-refractivity contribution in [1.29, 1.82) is 0 Å². The first-order valence-electron chi connectivity index (χ1n) is 6.22. The van der Waals surface area contributed by atoms with Gasteiger partial charge in [0.25, 0.3) is 0 Å². The van der Waals surface area contributed by atoms with Crippen molar-refractivity contribution >= 4 is 11.6 Å². The topological polar surface area (TPSA) is 64.3 Å². The van der Waals surface area contributed by atoms with E-state index in [0.717, 1.165) is 24.1 Å². The Labute approximate surface area is 108 Å². The van der Waals surface area contributed by atoms with Crippen LogP contribution in [0, 0.1) is 0 Å². The molecule has 1 atom stereocenters. The lowest BCUT2D eigenvalue weighted by molar-refractivity contribution is -0.114. The Morgan fingerprint density at radius 3 is 2.61 bits per heavy atom. The van der Waals surface area contributed by atoms with E-state index in [0.29, 0.717) is 5.75 Å². The number of anilines is 1. The number of carbonyl (C=O) groups is 1. The molecule has 98 valence electrons. The quantitative estimate of drug-likeness (QED) is 0.857. The maximum absolute atomic E-state index is 11.4. The van der Waals surface area contributed by atoms with Gasteiger partial charge in [-0.25, -0.2) is 0 Å². The molecule has 0 aliphatic heterocycles. The smallest absolute Gasteiger partial charge is 0.221 e. The molecule has 1 amide bonds. The standard InChI is InChI=1S/C14H20N2O2/c1-9(15)14(7-8-14)11-5-4-6-12(18-3)13(11)16-10(2)17/h4-6,9H,7-8,15H2,1-3H3,(H,16,17). The van der Waals surface area contributed by atoms with Crippen molar-refractivity contribution < 1.29 is 9.53 Å². The predicted molar refractivity (Wildman–Crippen MR) is 71.9 cm³/mol. The van der Waals surface area contributed by atoms with Crippen molar-refractivity contribution in [3.8, 4) is 5.75 Å². The monoisotopic (exact) mass is 248 g/mol. The molecule has 1 aliphatic carbocycles. The molecule has 1 saturated carbocycles. The van der Waals surface area contributed by atoms with Crippen LogP contribution in [0.2, 0.25) is 0 Å². The molecule has 4 nitrogen and oxygen atoms in total. The van der Waals surface area contributed by atoms with E-state index >= 15 is 0 Å². The maximum Gasteiger partial charge on any atom is 0.221 e. The molecule has 4 heteroatoms. The van der Waals surface area contributed by atoms with Crippen LogP contribution in [0.5, 0.6) is 5.75 Å². The summed E-state index contributed by atoms with van der Waals surface area (Å²) in [7, 11) is 1.61. The van der Waals surface area contributed by atoms with Gasteiger partial charge in [-0.3, -0.25) is 4.79 Å². The van der Waals surface area contributed by atoms with Crippen molar-refractivity contribution in [1.82, 2.24) is 0 Å². The van der Waals surface area contributed by atoms with E-state index in [1.807, 2.05) is 25.1 Å². The summed E-state index contributed by atoms with van der Waals surface area (Å²) in [5.74, 6) is 0.593. The zero-order chi connectivity index (χ0) is 13.3. The number of para-hydroxylation sites is 1. The Bertz CT molecular complexity index is 465. The highest BCUT2D eigenvalue weighted by atomic mass is 16.5. The summed E-state index contributed by atoms with van der Waals surface area (Å²) in [4.78, 5) is 11.4. The summed E-state index contributed by atoms with van der Waals surface area (Å²) >= 11 is 0. The van der Waals surface area contributed by atoms with Crippen LogP contribution >= 0.6 is 0 Å². The van der Waals surface area contributed by atoms with Crippen LogP contribution < -0.4 is 15.8 Å². The molecule has 18 heavy (non-hydrogen) atoms. The lowest BCUT2D eigenvalue weighted by atomic mass is 9.88. The van der Waals surface area contributed by atoms with Crippen molar-refractivity contribution in [2.75, 3.05) is 12.4 Å². The molecular weight excluding hydrogens is 228 g/mol. The zero-order valence-electron chi connectivity index (χ0n) is 11.1. The van der Waals surface area contributed by atoms with Gasteiger partial charge in [0.05, 0.1) is 12.8 Å². The van der Waals surface area contributed by atoms with Crippen LogP contribution in [-0.4, -0.2) is 19.1 Å². The number of rotatable bonds is 4. The molecule has 1 aromatic carbocycles. The van der Waals surface area contributed by atoms with Crippen molar-refractivity contribution in [2.24, 2.45) is 5.73 Å². The van der Waals surface area contributed by atoms with Crippen LogP contribution in [0.1, 0.15) is 32.3 Å². The fourth-order valence-electron chi connectivity index (χ4n) is 2.53. The van der Waals surface area contributed by atoms with Gasteiger partial charge in [-0.1, -0.05) is 12.1 Å². The van der Waals surface area contributed by atoms with Gasteiger partial charge in [-0.05, 0) is 31.4 Å². The largest absolute Gasteiger partial charge is 0.495 e. The molecule has 0 bridgehead atoms.